The lowest BCUT2D eigenvalue weighted by Gasteiger charge is -2.41. The molecule has 2 aromatic heterocycles. The number of nitrogen functional groups attached to an aromatic ring is 1. The van der Waals surface area contributed by atoms with Gasteiger partial charge in [0.15, 0.2) is 0 Å². The molecule has 1 aliphatic carbocycles. The van der Waals surface area contributed by atoms with Crippen molar-refractivity contribution in [1.82, 2.24) is 19.7 Å². The van der Waals surface area contributed by atoms with Gasteiger partial charge in [-0.1, -0.05) is 6.42 Å². The fourth-order valence-corrected chi connectivity index (χ4v) is 4.42. The second-order valence-corrected chi connectivity index (χ2v) is 8.54. The molecular weight excluding hydrogens is 379 g/mol. The lowest BCUT2D eigenvalue weighted by atomic mass is 9.86. The summed E-state index contributed by atoms with van der Waals surface area (Å²) in [4.78, 5) is 6.36. The Morgan fingerprint density at radius 2 is 1.79 bits per heavy atom. The highest BCUT2D eigenvalue weighted by molar-refractivity contribution is 5.62. The quantitative estimate of drug-likeness (QED) is 0.786. The first kappa shape index (κ1) is 20.2. The van der Waals surface area contributed by atoms with Crippen molar-refractivity contribution in [2.75, 3.05) is 18.8 Å². The molecule has 3 heterocycles. The number of rotatable bonds is 4. The van der Waals surface area contributed by atoms with E-state index in [-0.39, 0.29) is 6.04 Å². The molecule has 1 saturated heterocycles. The average molecular weight is 407 g/mol. The predicted octanol–water partition coefficient (Wildman–Crippen LogP) is 4.86. The SMILES string of the molecule is CC(C)n1nc(-c2cnc(N)c(C(F)(F)F)c2)cc1C1CCN(C2CCC2)CC1. The van der Waals surface area contributed by atoms with Gasteiger partial charge in [-0.25, -0.2) is 4.98 Å². The van der Waals surface area contributed by atoms with Gasteiger partial charge in [0, 0.05) is 35.5 Å². The van der Waals surface area contributed by atoms with Crippen LogP contribution in [0.5, 0.6) is 0 Å². The number of piperidine rings is 1. The van der Waals surface area contributed by atoms with Gasteiger partial charge in [-0.15, -0.1) is 0 Å². The van der Waals surface area contributed by atoms with E-state index in [1.807, 2.05) is 24.6 Å². The van der Waals surface area contributed by atoms with Crippen LogP contribution in [0.2, 0.25) is 0 Å². The molecule has 158 valence electrons. The standard InChI is InChI=1S/C21H28F3N5/c1-13(2)29-19(14-6-8-28(9-7-14)16-4-3-5-16)11-18(27-29)15-10-17(21(22,23)24)20(25)26-12-15/h10-14,16H,3-9H2,1-2H3,(H2,25,26). The molecule has 1 aliphatic heterocycles. The average Bonchev–Trinajstić information content (AvgIpc) is 3.06. The molecule has 5 nitrogen and oxygen atoms in total. The van der Waals surface area contributed by atoms with E-state index in [0.29, 0.717) is 17.2 Å². The summed E-state index contributed by atoms with van der Waals surface area (Å²) in [6.07, 6.45) is 2.91. The van der Waals surface area contributed by atoms with Gasteiger partial charge in [-0.3, -0.25) is 4.68 Å². The van der Waals surface area contributed by atoms with E-state index in [9.17, 15) is 13.2 Å². The molecular formula is C21H28F3N5. The van der Waals surface area contributed by atoms with Crippen molar-refractivity contribution < 1.29 is 13.2 Å². The Labute approximate surface area is 169 Å². The smallest absolute Gasteiger partial charge is 0.383 e. The maximum atomic E-state index is 13.2. The third-order valence-corrected chi connectivity index (χ3v) is 6.31. The maximum absolute atomic E-state index is 13.2. The molecule has 4 rings (SSSR count). The summed E-state index contributed by atoms with van der Waals surface area (Å²) in [5.74, 6) is -0.132. The van der Waals surface area contributed by atoms with Crippen LogP contribution >= 0.6 is 0 Å². The molecule has 8 heteroatoms. The Kier molecular flexibility index (Phi) is 5.31. The van der Waals surface area contributed by atoms with Gasteiger partial charge in [0.25, 0.3) is 0 Å². The minimum Gasteiger partial charge on any atom is -0.383 e. The number of hydrogen-bond donors (Lipinski definition) is 1. The number of nitrogens with zero attached hydrogens (tertiary/aromatic N) is 4. The highest BCUT2D eigenvalue weighted by Crippen LogP contribution is 2.38. The Morgan fingerprint density at radius 1 is 1.10 bits per heavy atom. The van der Waals surface area contributed by atoms with Crippen LogP contribution in [0.25, 0.3) is 11.3 Å². The lowest BCUT2D eigenvalue weighted by Crippen LogP contribution is -2.44. The lowest BCUT2D eigenvalue weighted by molar-refractivity contribution is -0.137. The van der Waals surface area contributed by atoms with Gasteiger partial charge >= 0.3 is 6.18 Å². The number of halogens is 3. The second kappa shape index (κ2) is 7.63. The summed E-state index contributed by atoms with van der Waals surface area (Å²) >= 11 is 0. The van der Waals surface area contributed by atoms with Crippen LogP contribution in [-0.4, -0.2) is 38.8 Å². The molecule has 2 fully saturated rings. The fourth-order valence-electron chi connectivity index (χ4n) is 4.42. The molecule has 0 spiro atoms. The monoisotopic (exact) mass is 407 g/mol. The molecule has 1 saturated carbocycles. The minimum atomic E-state index is -4.54. The number of alkyl halides is 3. The zero-order valence-corrected chi connectivity index (χ0v) is 16.9. The Hall–Kier alpha value is -2.09. The number of nitrogens with two attached hydrogens (primary N) is 1. The number of likely N-dealkylation sites (tertiary alicyclic amines) is 1. The minimum absolute atomic E-state index is 0.132. The maximum Gasteiger partial charge on any atom is 0.419 e. The van der Waals surface area contributed by atoms with Crippen LogP contribution < -0.4 is 5.73 Å². The van der Waals surface area contributed by atoms with E-state index in [2.05, 4.69) is 15.0 Å². The first-order chi connectivity index (χ1) is 13.7. The first-order valence-corrected chi connectivity index (χ1v) is 10.4. The highest BCUT2D eigenvalue weighted by atomic mass is 19.4. The summed E-state index contributed by atoms with van der Waals surface area (Å²) in [6.45, 7) is 6.25. The fraction of sp³-hybridized carbons (Fsp3) is 0.619. The predicted molar refractivity (Wildman–Crippen MR) is 106 cm³/mol. The highest BCUT2D eigenvalue weighted by Gasteiger charge is 2.35. The van der Waals surface area contributed by atoms with Crippen LogP contribution in [0.1, 0.15) is 69.2 Å². The summed E-state index contributed by atoms with van der Waals surface area (Å²) in [7, 11) is 0. The van der Waals surface area contributed by atoms with Gasteiger partial charge < -0.3 is 10.6 Å². The van der Waals surface area contributed by atoms with Crippen molar-refractivity contribution in [2.24, 2.45) is 0 Å². The van der Waals surface area contributed by atoms with E-state index in [4.69, 9.17) is 5.73 Å². The number of anilines is 1. The van der Waals surface area contributed by atoms with Crippen molar-refractivity contribution in [3.63, 3.8) is 0 Å². The Morgan fingerprint density at radius 3 is 2.34 bits per heavy atom. The van der Waals surface area contributed by atoms with Crippen molar-refractivity contribution in [2.45, 2.75) is 70.1 Å². The van der Waals surface area contributed by atoms with Gasteiger partial charge in [0.05, 0.1) is 11.3 Å². The summed E-state index contributed by atoms with van der Waals surface area (Å²) in [6, 6.07) is 3.88. The third kappa shape index (κ3) is 3.99. The molecule has 2 aliphatic rings. The molecule has 0 atom stereocenters. The molecule has 0 radical (unpaired) electrons. The zero-order chi connectivity index (χ0) is 20.8. The molecule has 2 aromatic rings. The van der Waals surface area contributed by atoms with Crippen LogP contribution in [0, 0.1) is 0 Å². The van der Waals surface area contributed by atoms with Crippen molar-refractivity contribution in [3.8, 4) is 11.3 Å². The summed E-state index contributed by atoms with van der Waals surface area (Å²) < 4.78 is 41.7. The van der Waals surface area contributed by atoms with Crippen LogP contribution in [0.15, 0.2) is 18.3 Å². The summed E-state index contributed by atoms with van der Waals surface area (Å²) in [5, 5.41) is 4.64. The molecule has 2 N–H and O–H groups in total. The third-order valence-electron chi connectivity index (χ3n) is 6.31. The van der Waals surface area contributed by atoms with Crippen LogP contribution in [-0.2, 0) is 6.18 Å². The Balaban J connectivity index is 1.61. The second-order valence-electron chi connectivity index (χ2n) is 8.54. The zero-order valence-electron chi connectivity index (χ0n) is 16.9. The first-order valence-electron chi connectivity index (χ1n) is 10.4. The van der Waals surface area contributed by atoms with Gasteiger partial charge in [0.2, 0.25) is 0 Å². The molecule has 0 amide bonds. The van der Waals surface area contributed by atoms with Gasteiger partial charge in [-0.05, 0) is 64.8 Å². The number of pyridine rings is 1. The van der Waals surface area contributed by atoms with E-state index >= 15 is 0 Å². The number of hydrogen-bond acceptors (Lipinski definition) is 4. The molecule has 0 aromatic carbocycles. The molecule has 29 heavy (non-hydrogen) atoms. The molecule has 0 unspecified atom stereocenters. The van der Waals surface area contributed by atoms with E-state index in [1.54, 1.807) is 0 Å². The van der Waals surface area contributed by atoms with Gasteiger partial charge in [-0.2, -0.15) is 18.3 Å². The van der Waals surface area contributed by atoms with Crippen LogP contribution in [0.4, 0.5) is 19.0 Å². The van der Waals surface area contributed by atoms with E-state index < -0.39 is 17.6 Å². The van der Waals surface area contributed by atoms with E-state index in [0.717, 1.165) is 43.7 Å². The number of aromatic nitrogens is 3. The van der Waals surface area contributed by atoms with Crippen molar-refractivity contribution >= 4 is 5.82 Å². The topological polar surface area (TPSA) is 60.0 Å². The molecule has 0 bridgehead atoms. The largest absolute Gasteiger partial charge is 0.419 e. The Bertz CT molecular complexity index is 862. The van der Waals surface area contributed by atoms with Crippen molar-refractivity contribution in [3.05, 3.63) is 29.6 Å². The normalized spacial score (nSPS) is 19.7. The summed E-state index contributed by atoms with van der Waals surface area (Å²) in [5.41, 5.74) is 6.51. The van der Waals surface area contributed by atoms with Crippen LogP contribution in [0.3, 0.4) is 0 Å². The van der Waals surface area contributed by atoms with Gasteiger partial charge in [0.1, 0.15) is 5.82 Å². The van der Waals surface area contributed by atoms with E-state index in [1.165, 1.54) is 25.5 Å². The van der Waals surface area contributed by atoms with Crippen molar-refractivity contribution in [1.29, 1.82) is 0 Å².